The first-order chi connectivity index (χ1) is 9.81. The van der Waals surface area contributed by atoms with Gasteiger partial charge in [0.05, 0.1) is 0 Å². The van der Waals surface area contributed by atoms with Gasteiger partial charge in [-0.1, -0.05) is 59.0 Å². The molecule has 2 rings (SSSR count). The molecule has 21 heavy (non-hydrogen) atoms. The first-order valence-corrected chi connectivity index (χ1v) is 7.99. The van der Waals surface area contributed by atoms with E-state index in [0.29, 0.717) is 26.7 Å². The molecule has 0 aliphatic carbocycles. The molecule has 5 heteroatoms. The van der Waals surface area contributed by atoms with Crippen molar-refractivity contribution in [3.05, 3.63) is 61.3 Å². The van der Waals surface area contributed by atoms with Crippen molar-refractivity contribution >= 4 is 39.1 Å². The molecule has 0 aliphatic rings. The topological polar surface area (TPSA) is 20.2 Å². The van der Waals surface area contributed by atoms with E-state index in [1.807, 2.05) is 13.8 Å². The minimum absolute atomic E-state index is 0.0285. The number of benzene rings is 2. The monoisotopic (exact) mass is 390 g/mol. The highest BCUT2D eigenvalue weighted by Crippen LogP contribution is 2.35. The molecule has 0 saturated heterocycles. The lowest BCUT2D eigenvalue weighted by atomic mass is 9.95. The van der Waals surface area contributed by atoms with Crippen molar-refractivity contribution in [3.8, 4) is 5.75 Å². The van der Waals surface area contributed by atoms with Gasteiger partial charge in [0.15, 0.2) is 0 Å². The molecule has 0 unspecified atom stereocenters. The van der Waals surface area contributed by atoms with Crippen LogP contribution in [0, 0.1) is 5.82 Å². The number of hydrogen-bond acceptors (Lipinski definition) is 1. The molecule has 2 aromatic rings. The molecule has 0 saturated carbocycles. The van der Waals surface area contributed by atoms with Crippen LogP contribution in [0.3, 0.4) is 0 Å². The van der Waals surface area contributed by atoms with Crippen LogP contribution in [0.5, 0.6) is 5.75 Å². The van der Waals surface area contributed by atoms with E-state index in [0.717, 1.165) is 4.47 Å². The molecule has 0 amide bonds. The summed E-state index contributed by atoms with van der Waals surface area (Å²) in [6, 6.07) is 6.52. The highest BCUT2D eigenvalue weighted by atomic mass is 79.9. The summed E-state index contributed by atoms with van der Waals surface area (Å²) in [6.45, 7) is 3.67. The normalized spacial score (nSPS) is 11.2. The van der Waals surface area contributed by atoms with E-state index in [-0.39, 0.29) is 18.1 Å². The highest BCUT2D eigenvalue weighted by molar-refractivity contribution is 9.10. The molecule has 112 valence electrons. The molecule has 1 nitrogen and oxygen atoms in total. The Morgan fingerprint density at radius 1 is 1.19 bits per heavy atom. The average Bonchev–Trinajstić information content (AvgIpc) is 2.35. The van der Waals surface area contributed by atoms with E-state index in [4.69, 9.17) is 23.2 Å². The van der Waals surface area contributed by atoms with Crippen molar-refractivity contribution in [2.45, 2.75) is 26.2 Å². The predicted molar refractivity (Wildman–Crippen MR) is 89.1 cm³/mol. The summed E-state index contributed by atoms with van der Waals surface area (Å²) in [7, 11) is 0. The van der Waals surface area contributed by atoms with Gasteiger partial charge in [-0.25, -0.2) is 4.39 Å². The van der Waals surface area contributed by atoms with Gasteiger partial charge in [0.25, 0.3) is 0 Å². The van der Waals surface area contributed by atoms with E-state index in [2.05, 4.69) is 15.9 Å². The van der Waals surface area contributed by atoms with Crippen LogP contribution in [0.4, 0.5) is 4.39 Å². The lowest BCUT2D eigenvalue weighted by molar-refractivity contribution is 0.452. The first kappa shape index (κ1) is 16.6. The highest BCUT2D eigenvalue weighted by Gasteiger charge is 2.18. The molecule has 0 fully saturated rings. The van der Waals surface area contributed by atoms with Gasteiger partial charge in [-0.15, -0.1) is 0 Å². The van der Waals surface area contributed by atoms with Gasteiger partial charge in [-0.2, -0.15) is 0 Å². The summed E-state index contributed by atoms with van der Waals surface area (Å²) in [6.07, 6.45) is 0.275. The fourth-order valence-electron chi connectivity index (χ4n) is 2.25. The van der Waals surface area contributed by atoms with Gasteiger partial charge in [-0.05, 0) is 35.2 Å². The molecule has 0 spiro atoms. The van der Waals surface area contributed by atoms with Crippen LogP contribution < -0.4 is 0 Å². The molecule has 0 bridgehead atoms. The Morgan fingerprint density at radius 2 is 1.76 bits per heavy atom. The predicted octanol–water partition coefficient (Wildman–Crippen LogP) is 6.31. The van der Waals surface area contributed by atoms with Crippen molar-refractivity contribution in [1.29, 1.82) is 0 Å². The van der Waals surface area contributed by atoms with Crippen LogP contribution in [0.2, 0.25) is 10.0 Å². The minimum Gasteiger partial charge on any atom is -0.508 e. The van der Waals surface area contributed by atoms with Crippen molar-refractivity contribution in [2.75, 3.05) is 0 Å². The third kappa shape index (κ3) is 3.53. The zero-order valence-corrected chi connectivity index (χ0v) is 14.7. The molecule has 0 aliphatic heterocycles. The Balaban J connectivity index is 2.48. The summed E-state index contributed by atoms with van der Waals surface area (Å²) in [5.41, 5.74) is 1.44. The van der Waals surface area contributed by atoms with E-state index < -0.39 is 5.82 Å². The first-order valence-electron chi connectivity index (χ1n) is 6.45. The Hall–Kier alpha value is -0.770. The van der Waals surface area contributed by atoms with Gasteiger partial charge >= 0.3 is 0 Å². The van der Waals surface area contributed by atoms with Crippen molar-refractivity contribution in [1.82, 2.24) is 0 Å². The second-order valence-electron chi connectivity index (χ2n) is 5.15. The van der Waals surface area contributed by atoms with E-state index in [1.54, 1.807) is 18.2 Å². The number of phenolic OH excluding ortho intramolecular Hbond substituents is 1. The van der Waals surface area contributed by atoms with Gasteiger partial charge in [0.1, 0.15) is 11.6 Å². The summed E-state index contributed by atoms with van der Waals surface area (Å²) in [5, 5.41) is 10.8. The maximum Gasteiger partial charge on any atom is 0.133 e. The standard InChI is InChI=1S/C16H14BrCl2FO/c1-8(2)15-14(21)4-3-9(16(15)20)5-11-12(18)6-10(17)7-13(11)19/h3-4,6-8,21H,5H2,1-2H3. The zero-order valence-electron chi connectivity index (χ0n) is 11.6. The Kier molecular flexibility index (Phi) is 5.18. The summed E-state index contributed by atoms with van der Waals surface area (Å²) < 4.78 is 15.3. The third-order valence-corrected chi connectivity index (χ3v) is 4.42. The molecular weight excluding hydrogens is 378 g/mol. The molecule has 2 aromatic carbocycles. The average molecular weight is 392 g/mol. The van der Waals surface area contributed by atoms with Crippen molar-refractivity contribution in [3.63, 3.8) is 0 Å². The maximum absolute atomic E-state index is 14.6. The third-order valence-electron chi connectivity index (χ3n) is 3.29. The fourth-order valence-corrected chi connectivity index (χ4v) is 3.59. The van der Waals surface area contributed by atoms with E-state index in [1.165, 1.54) is 6.07 Å². The van der Waals surface area contributed by atoms with Crippen LogP contribution in [0.1, 0.15) is 36.5 Å². The Bertz CT molecular complexity index is 663. The largest absolute Gasteiger partial charge is 0.508 e. The lowest BCUT2D eigenvalue weighted by Crippen LogP contribution is -2.01. The molecule has 0 atom stereocenters. The summed E-state index contributed by atoms with van der Waals surface area (Å²) in [4.78, 5) is 0. The molecule has 1 N–H and O–H groups in total. The number of phenols is 1. The van der Waals surface area contributed by atoms with Crippen LogP contribution >= 0.6 is 39.1 Å². The van der Waals surface area contributed by atoms with Gasteiger partial charge in [-0.3, -0.25) is 0 Å². The number of halogens is 4. The number of rotatable bonds is 3. The summed E-state index contributed by atoms with van der Waals surface area (Å²) >= 11 is 15.7. The lowest BCUT2D eigenvalue weighted by Gasteiger charge is -2.14. The van der Waals surface area contributed by atoms with Crippen LogP contribution in [-0.4, -0.2) is 5.11 Å². The molecule has 0 aromatic heterocycles. The fraction of sp³-hybridized carbons (Fsp3) is 0.250. The number of hydrogen-bond donors (Lipinski definition) is 1. The summed E-state index contributed by atoms with van der Waals surface area (Å²) in [5.74, 6) is -0.542. The SMILES string of the molecule is CC(C)c1c(O)ccc(Cc2c(Cl)cc(Br)cc2Cl)c1F. The van der Waals surface area contributed by atoms with Crippen LogP contribution in [0.15, 0.2) is 28.7 Å². The smallest absolute Gasteiger partial charge is 0.133 e. The second-order valence-corrected chi connectivity index (χ2v) is 6.88. The quantitative estimate of drug-likeness (QED) is 0.649. The molecule has 0 heterocycles. The van der Waals surface area contributed by atoms with Gasteiger partial charge in [0, 0.05) is 26.5 Å². The molecule has 0 radical (unpaired) electrons. The van der Waals surface area contributed by atoms with Crippen molar-refractivity contribution < 1.29 is 9.50 Å². The second kappa shape index (κ2) is 6.55. The van der Waals surface area contributed by atoms with Gasteiger partial charge < -0.3 is 5.11 Å². The van der Waals surface area contributed by atoms with E-state index in [9.17, 15) is 9.50 Å². The zero-order chi connectivity index (χ0) is 15.7. The van der Waals surface area contributed by atoms with Crippen molar-refractivity contribution in [2.24, 2.45) is 0 Å². The maximum atomic E-state index is 14.6. The van der Waals surface area contributed by atoms with Crippen LogP contribution in [0.25, 0.3) is 0 Å². The Morgan fingerprint density at radius 3 is 2.29 bits per heavy atom. The van der Waals surface area contributed by atoms with Gasteiger partial charge in [0.2, 0.25) is 0 Å². The number of aromatic hydroxyl groups is 1. The van der Waals surface area contributed by atoms with E-state index >= 15 is 0 Å². The Labute approximate surface area is 141 Å². The van der Waals surface area contributed by atoms with Crippen LogP contribution in [-0.2, 0) is 6.42 Å². The molecular formula is C16H14BrCl2FO. The minimum atomic E-state index is -0.403.